The minimum Gasteiger partial charge on any atom is -0.466 e. The van der Waals surface area contributed by atoms with E-state index in [-0.39, 0.29) is 25.9 Å². The third-order valence-corrected chi connectivity index (χ3v) is 9.10. The summed E-state index contributed by atoms with van der Waals surface area (Å²) >= 11 is 1.07. The number of thiazole rings is 1. The first-order chi connectivity index (χ1) is 17.8. The summed E-state index contributed by atoms with van der Waals surface area (Å²) in [6.45, 7) is 0. The van der Waals surface area contributed by atoms with Gasteiger partial charge in [0.25, 0.3) is 5.56 Å². The van der Waals surface area contributed by atoms with Crippen molar-refractivity contribution in [1.82, 2.24) is 4.57 Å². The molecule has 37 heavy (non-hydrogen) atoms. The lowest BCUT2D eigenvalue weighted by Gasteiger charge is -2.27. The van der Waals surface area contributed by atoms with E-state index in [1.807, 2.05) is 30.3 Å². The average molecular weight is 531 g/mol. The Morgan fingerprint density at radius 1 is 0.946 bits per heavy atom. The van der Waals surface area contributed by atoms with Crippen LogP contribution in [0.25, 0.3) is 17.5 Å². The number of benzene rings is 3. The van der Waals surface area contributed by atoms with E-state index in [4.69, 9.17) is 10.5 Å². The molecular weight excluding hydrogens is 508 g/mol. The molecule has 2 heterocycles. The van der Waals surface area contributed by atoms with Crippen LogP contribution in [0.4, 0.5) is 0 Å². The topological polar surface area (TPSA) is 108 Å². The van der Waals surface area contributed by atoms with Crippen LogP contribution in [-0.2, 0) is 19.4 Å². The Bertz CT molecular complexity index is 1810. The minimum atomic E-state index is -4.23. The number of sulfone groups is 1. The molecule has 7 nitrogen and oxygen atoms in total. The molecule has 0 unspecified atom stereocenters. The van der Waals surface area contributed by atoms with Crippen molar-refractivity contribution in [2.75, 3.05) is 7.11 Å². The zero-order valence-corrected chi connectivity index (χ0v) is 21.3. The van der Waals surface area contributed by atoms with E-state index in [9.17, 15) is 18.0 Å². The standard InChI is InChI=1S/C28H22N2O5S2/c1-35-28(32)23-22(19-13-7-3-8-14-19)24(37(33,34)20-15-9-4-10-16-20)25(29)30-26(31)21(36-27(23)30)17-18-11-5-2-6-12-18/h2-17,22H,29H2,1H3/b21-17-/t22-/m1/s1. The summed E-state index contributed by atoms with van der Waals surface area (Å²) < 4.78 is 34.8. The maximum atomic E-state index is 14.0. The number of nitrogens with two attached hydrogens (primary N) is 1. The number of carbonyl (C=O) groups is 1. The predicted octanol–water partition coefficient (Wildman–Crippen LogP) is 2.42. The van der Waals surface area contributed by atoms with Crippen molar-refractivity contribution in [3.8, 4) is 0 Å². The van der Waals surface area contributed by atoms with Crippen molar-refractivity contribution < 1.29 is 17.9 Å². The fraction of sp³-hybridized carbons (Fsp3) is 0.0714. The Labute approximate surface area is 217 Å². The molecule has 0 saturated heterocycles. The normalized spacial score (nSPS) is 16.0. The van der Waals surface area contributed by atoms with Gasteiger partial charge in [-0.15, -0.1) is 11.3 Å². The second kappa shape index (κ2) is 9.68. The highest BCUT2D eigenvalue weighted by Crippen LogP contribution is 2.41. The van der Waals surface area contributed by atoms with Gasteiger partial charge in [-0.3, -0.25) is 9.36 Å². The molecule has 0 radical (unpaired) electrons. The van der Waals surface area contributed by atoms with E-state index in [2.05, 4.69) is 0 Å². The van der Waals surface area contributed by atoms with E-state index in [0.29, 0.717) is 10.1 Å². The van der Waals surface area contributed by atoms with Crippen LogP contribution < -0.4 is 20.5 Å². The summed E-state index contributed by atoms with van der Waals surface area (Å²) in [4.78, 5) is 26.6. The van der Waals surface area contributed by atoms with Gasteiger partial charge in [0.15, 0.2) is 0 Å². The average Bonchev–Trinajstić information content (AvgIpc) is 3.25. The third kappa shape index (κ3) is 4.22. The number of aromatic nitrogens is 1. The van der Waals surface area contributed by atoms with E-state index in [1.54, 1.807) is 54.6 Å². The van der Waals surface area contributed by atoms with Crippen molar-refractivity contribution in [3.05, 3.63) is 127 Å². The van der Waals surface area contributed by atoms with E-state index in [1.165, 1.54) is 19.2 Å². The fourth-order valence-corrected chi connectivity index (χ4v) is 7.26. The van der Waals surface area contributed by atoms with Crippen molar-refractivity contribution >= 4 is 44.6 Å². The quantitative estimate of drug-likeness (QED) is 0.397. The van der Waals surface area contributed by atoms with Gasteiger partial charge in [-0.2, -0.15) is 0 Å². The van der Waals surface area contributed by atoms with Crippen LogP contribution >= 0.6 is 11.3 Å². The van der Waals surface area contributed by atoms with Gasteiger partial charge in [0, 0.05) is 0 Å². The first-order valence-corrected chi connectivity index (χ1v) is 13.6. The molecule has 186 valence electrons. The van der Waals surface area contributed by atoms with Gasteiger partial charge in [0.2, 0.25) is 9.84 Å². The monoisotopic (exact) mass is 530 g/mol. The molecule has 0 amide bonds. The second-order valence-electron chi connectivity index (χ2n) is 8.28. The molecule has 2 N–H and O–H groups in total. The smallest absolute Gasteiger partial charge is 0.337 e. The molecule has 0 aliphatic carbocycles. The first kappa shape index (κ1) is 24.5. The molecule has 9 heteroatoms. The highest BCUT2D eigenvalue weighted by Gasteiger charge is 2.42. The van der Waals surface area contributed by atoms with Crippen LogP contribution in [0.2, 0.25) is 0 Å². The summed E-state index contributed by atoms with van der Waals surface area (Å²) in [5.41, 5.74) is 7.36. The lowest BCUT2D eigenvalue weighted by atomic mass is 9.89. The number of esters is 1. The minimum absolute atomic E-state index is 0.000831. The number of nitrogens with zero attached hydrogens (tertiary/aromatic N) is 1. The zero-order valence-electron chi connectivity index (χ0n) is 19.7. The molecule has 1 aliphatic rings. The summed E-state index contributed by atoms with van der Waals surface area (Å²) in [5, 5.41) is 0. The van der Waals surface area contributed by atoms with Gasteiger partial charge >= 0.3 is 5.97 Å². The molecule has 0 fully saturated rings. The first-order valence-electron chi connectivity index (χ1n) is 11.3. The van der Waals surface area contributed by atoms with E-state index < -0.39 is 27.3 Å². The number of methoxy groups -OCH3 is 1. The van der Waals surface area contributed by atoms with Gasteiger partial charge in [-0.05, 0) is 29.3 Å². The van der Waals surface area contributed by atoms with E-state index >= 15 is 0 Å². The number of hydrogen-bond acceptors (Lipinski definition) is 7. The van der Waals surface area contributed by atoms with Gasteiger partial charge in [0.1, 0.15) is 15.4 Å². The lowest BCUT2D eigenvalue weighted by molar-refractivity contribution is -0.134. The molecule has 1 aliphatic heterocycles. The number of hydrogen-bond donors (Lipinski definition) is 1. The van der Waals surface area contributed by atoms with Gasteiger partial charge in [-0.25, -0.2) is 13.2 Å². The zero-order chi connectivity index (χ0) is 26.2. The van der Waals surface area contributed by atoms with E-state index in [0.717, 1.165) is 21.5 Å². The summed E-state index contributed by atoms with van der Waals surface area (Å²) in [6.07, 6.45) is 1.68. The molecule has 1 aromatic heterocycles. The highest BCUT2D eigenvalue weighted by atomic mass is 32.2. The van der Waals surface area contributed by atoms with Crippen molar-refractivity contribution in [2.24, 2.45) is 5.73 Å². The number of rotatable bonds is 5. The van der Waals surface area contributed by atoms with Crippen molar-refractivity contribution in [2.45, 2.75) is 10.8 Å². The molecule has 0 saturated carbocycles. The van der Waals surface area contributed by atoms with Gasteiger partial charge in [-0.1, -0.05) is 78.9 Å². The maximum Gasteiger partial charge on any atom is 0.337 e. The highest BCUT2D eigenvalue weighted by molar-refractivity contribution is 7.95. The van der Waals surface area contributed by atoms with Crippen LogP contribution in [0, 0.1) is 0 Å². The second-order valence-corrected chi connectivity index (χ2v) is 11.2. The van der Waals surface area contributed by atoms with Crippen LogP contribution in [-0.4, -0.2) is 26.1 Å². The Balaban J connectivity index is 1.93. The predicted molar refractivity (Wildman–Crippen MR) is 143 cm³/mol. The summed E-state index contributed by atoms with van der Waals surface area (Å²) in [7, 11) is -3.01. The molecule has 1 atom stereocenters. The SMILES string of the molecule is COC(=O)C1=c2s/c(=C\c3ccccc3)c(=O)n2C(N)=C(S(=O)(=O)c2ccccc2)[C@@H]1c1ccccc1. The third-order valence-electron chi connectivity index (χ3n) is 6.08. The summed E-state index contributed by atoms with van der Waals surface area (Å²) in [6, 6.07) is 25.8. The molecule has 4 aromatic rings. The molecule has 3 aromatic carbocycles. The lowest BCUT2D eigenvalue weighted by Crippen LogP contribution is -2.41. The number of fused-ring (bicyclic) bond motifs is 1. The van der Waals surface area contributed by atoms with Crippen LogP contribution in [0.15, 0.2) is 106 Å². The maximum absolute atomic E-state index is 14.0. The number of ether oxygens (including phenoxy) is 1. The number of carbonyl (C=O) groups excluding carboxylic acids is 1. The number of allylic oxidation sites excluding steroid dienone is 1. The van der Waals surface area contributed by atoms with Crippen molar-refractivity contribution in [3.63, 3.8) is 0 Å². The molecule has 0 spiro atoms. The van der Waals surface area contributed by atoms with Crippen LogP contribution in [0.1, 0.15) is 17.0 Å². The van der Waals surface area contributed by atoms with Crippen molar-refractivity contribution in [1.29, 1.82) is 0 Å². The molecule has 0 bridgehead atoms. The largest absolute Gasteiger partial charge is 0.466 e. The Kier molecular flexibility index (Phi) is 6.41. The summed E-state index contributed by atoms with van der Waals surface area (Å²) in [5.74, 6) is -2.07. The Hall–Kier alpha value is -4.21. The fourth-order valence-electron chi connectivity index (χ4n) is 4.39. The van der Waals surface area contributed by atoms with Gasteiger partial charge < -0.3 is 10.5 Å². The Morgan fingerprint density at radius 3 is 2.11 bits per heavy atom. The van der Waals surface area contributed by atoms with Gasteiger partial charge in [0.05, 0.1) is 28.0 Å². The molecular formula is C28H22N2O5S2. The van der Waals surface area contributed by atoms with Crippen LogP contribution in [0.3, 0.4) is 0 Å². The Morgan fingerprint density at radius 2 is 1.51 bits per heavy atom. The van der Waals surface area contributed by atoms with Crippen LogP contribution in [0.5, 0.6) is 0 Å². The molecule has 5 rings (SSSR count).